The van der Waals surface area contributed by atoms with Gasteiger partial charge in [0.2, 0.25) is 0 Å². The number of methoxy groups -OCH3 is 3. The molecule has 0 aliphatic heterocycles. The zero-order valence-corrected chi connectivity index (χ0v) is 28.0. The average Bonchev–Trinajstić information content (AvgIpc) is 3.33. The second kappa shape index (κ2) is 13.5. The Hall–Kier alpha value is -2.06. The van der Waals surface area contributed by atoms with Crippen molar-refractivity contribution in [3.8, 4) is 0 Å². The minimum atomic E-state index is -0.714. The van der Waals surface area contributed by atoms with Crippen LogP contribution < -0.4 is 0 Å². The summed E-state index contributed by atoms with van der Waals surface area (Å²) in [5, 5.41) is 0. The van der Waals surface area contributed by atoms with Crippen LogP contribution in [0.25, 0.3) is 0 Å². The maximum Gasteiger partial charge on any atom is 0.508 e. The highest BCUT2D eigenvalue weighted by molar-refractivity contribution is 5.61. The maximum absolute atomic E-state index is 12.4. The number of hydrogen-bond donors (Lipinski definition) is 0. The predicted molar refractivity (Wildman–Crippen MR) is 164 cm³/mol. The first-order valence-electron chi connectivity index (χ1n) is 16.4. The van der Waals surface area contributed by atoms with Crippen LogP contribution in [0.5, 0.6) is 0 Å². The normalized spacial score (nSPS) is 34.9. The Kier molecular flexibility index (Phi) is 10.6. The second-order valence-electron chi connectivity index (χ2n) is 14.5. The molecule has 0 radical (unpaired) electrons. The standard InChI is InChI=1S/C35H56O8/c1-10-23(15-17-33(3,4)41-21-38-7)22(2)27-13-14-28-26-12-11-24-19-25(42-31(36)39-8)20-30(43-32(37)40-9)35(24,6)29(26)16-18-34(27,28)5/h11-12,22-23,25,27-30H,10,13-21H2,1-9H3/t22-,23+,25+,27+,28-,29?,30-,34+,35-/m0/s1. The molecule has 0 aromatic heterocycles. The molecule has 244 valence electrons. The van der Waals surface area contributed by atoms with Crippen molar-refractivity contribution in [2.75, 3.05) is 28.1 Å². The Labute approximate surface area is 259 Å². The fourth-order valence-corrected chi connectivity index (χ4v) is 9.51. The maximum atomic E-state index is 12.4. The number of hydrogen-bond acceptors (Lipinski definition) is 8. The van der Waals surface area contributed by atoms with Gasteiger partial charge in [-0.25, -0.2) is 9.59 Å². The van der Waals surface area contributed by atoms with Crippen molar-refractivity contribution < 1.29 is 38.0 Å². The van der Waals surface area contributed by atoms with Gasteiger partial charge in [0.1, 0.15) is 19.0 Å². The van der Waals surface area contributed by atoms with Crippen molar-refractivity contribution >= 4 is 12.3 Å². The third-order valence-corrected chi connectivity index (χ3v) is 12.1. The summed E-state index contributed by atoms with van der Waals surface area (Å²) >= 11 is 0. The van der Waals surface area contributed by atoms with E-state index in [1.807, 2.05) is 0 Å². The summed E-state index contributed by atoms with van der Waals surface area (Å²) in [6, 6.07) is 0. The molecule has 8 nitrogen and oxygen atoms in total. The van der Waals surface area contributed by atoms with Gasteiger partial charge in [0.15, 0.2) is 0 Å². The lowest BCUT2D eigenvalue weighted by Crippen LogP contribution is -2.54. The second-order valence-corrected chi connectivity index (χ2v) is 14.5. The molecule has 43 heavy (non-hydrogen) atoms. The first-order chi connectivity index (χ1) is 20.3. The van der Waals surface area contributed by atoms with Gasteiger partial charge in [-0.15, -0.1) is 0 Å². The average molecular weight is 605 g/mol. The molecule has 0 bridgehead atoms. The molecule has 4 aliphatic carbocycles. The third-order valence-electron chi connectivity index (χ3n) is 12.1. The number of carbonyl (C=O) groups is 2. The minimum Gasteiger partial charge on any atom is -0.438 e. The van der Waals surface area contributed by atoms with E-state index in [2.05, 4.69) is 53.7 Å². The molecule has 4 aliphatic rings. The van der Waals surface area contributed by atoms with Gasteiger partial charge in [0.05, 0.1) is 19.8 Å². The quantitative estimate of drug-likeness (QED) is 0.172. The van der Waals surface area contributed by atoms with E-state index in [4.69, 9.17) is 28.4 Å². The Morgan fingerprint density at radius 3 is 2.35 bits per heavy atom. The van der Waals surface area contributed by atoms with Gasteiger partial charge < -0.3 is 28.4 Å². The van der Waals surface area contributed by atoms with E-state index < -0.39 is 24.5 Å². The van der Waals surface area contributed by atoms with Crippen molar-refractivity contribution in [1.82, 2.24) is 0 Å². The molecule has 4 rings (SSSR count). The topological polar surface area (TPSA) is 89.5 Å². The molecule has 0 heterocycles. The lowest BCUT2D eigenvalue weighted by atomic mass is 9.49. The van der Waals surface area contributed by atoms with Gasteiger partial charge in [-0.05, 0) is 87.4 Å². The summed E-state index contributed by atoms with van der Waals surface area (Å²) < 4.78 is 32.3. The third kappa shape index (κ3) is 6.66. The number of fused-ring (bicyclic) bond motifs is 5. The molecule has 8 heteroatoms. The summed E-state index contributed by atoms with van der Waals surface area (Å²) in [5.74, 6) is 2.72. The van der Waals surface area contributed by atoms with Gasteiger partial charge in [0.25, 0.3) is 0 Å². The van der Waals surface area contributed by atoms with Crippen LogP contribution in [0.3, 0.4) is 0 Å². The fraction of sp³-hybridized carbons (Fsp3) is 0.829. The fourth-order valence-electron chi connectivity index (χ4n) is 9.51. The number of carbonyl (C=O) groups excluding carboxylic acids is 2. The van der Waals surface area contributed by atoms with E-state index in [9.17, 15) is 9.59 Å². The van der Waals surface area contributed by atoms with E-state index in [0.717, 1.165) is 25.7 Å². The monoisotopic (exact) mass is 604 g/mol. The van der Waals surface area contributed by atoms with Crippen LogP contribution in [0.1, 0.15) is 99.3 Å². The van der Waals surface area contributed by atoms with Crippen LogP contribution >= 0.6 is 0 Å². The molecule has 3 fully saturated rings. The van der Waals surface area contributed by atoms with Crippen LogP contribution in [-0.2, 0) is 28.4 Å². The Morgan fingerprint density at radius 1 is 1.00 bits per heavy atom. The molecular weight excluding hydrogens is 548 g/mol. The zero-order chi connectivity index (χ0) is 31.6. The molecule has 0 aromatic rings. The van der Waals surface area contributed by atoms with E-state index in [1.54, 1.807) is 7.11 Å². The van der Waals surface area contributed by atoms with E-state index in [0.29, 0.717) is 43.3 Å². The molecule has 0 spiro atoms. The summed E-state index contributed by atoms with van der Waals surface area (Å²) in [4.78, 5) is 24.4. The molecule has 0 amide bonds. The van der Waals surface area contributed by atoms with E-state index in [-0.39, 0.29) is 22.3 Å². The van der Waals surface area contributed by atoms with Gasteiger partial charge in [-0.3, -0.25) is 0 Å². The van der Waals surface area contributed by atoms with Crippen molar-refractivity contribution in [3.05, 3.63) is 23.3 Å². The van der Waals surface area contributed by atoms with Crippen LogP contribution in [0.15, 0.2) is 23.3 Å². The summed E-state index contributed by atoms with van der Waals surface area (Å²) in [7, 11) is 4.32. The van der Waals surface area contributed by atoms with Crippen molar-refractivity contribution in [2.24, 2.45) is 40.4 Å². The number of rotatable bonds is 11. The first kappa shape index (κ1) is 33.8. The van der Waals surface area contributed by atoms with Crippen LogP contribution in [0.2, 0.25) is 0 Å². The van der Waals surface area contributed by atoms with Crippen LogP contribution in [-0.4, -0.2) is 58.2 Å². The lowest BCUT2D eigenvalue weighted by molar-refractivity contribution is -0.119. The molecule has 1 unspecified atom stereocenters. The van der Waals surface area contributed by atoms with Crippen LogP contribution in [0, 0.1) is 40.4 Å². The summed E-state index contributed by atoms with van der Waals surface area (Å²) in [6.45, 7) is 14.3. The molecule has 0 N–H and O–H groups in total. The van der Waals surface area contributed by atoms with Gasteiger partial charge in [-0.2, -0.15) is 0 Å². The lowest BCUT2D eigenvalue weighted by Gasteiger charge is -2.57. The van der Waals surface area contributed by atoms with E-state index in [1.165, 1.54) is 44.6 Å². The summed E-state index contributed by atoms with van der Waals surface area (Å²) in [5.41, 5.74) is 2.36. The first-order valence-corrected chi connectivity index (χ1v) is 16.4. The molecule has 0 saturated heterocycles. The van der Waals surface area contributed by atoms with Crippen molar-refractivity contribution in [3.63, 3.8) is 0 Å². The van der Waals surface area contributed by atoms with Crippen molar-refractivity contribution in [1.29, 1.82) is 0 Å². The molecular formula is C35H56O8. The molecule has 3 saturated carbocycles. The molecule has 0 aromatic carbocycles. The smallest absolute Gasteiger partial charge is 0.438 e. The number of ether oxygens (including phenoxy) is 6. The molecule has 9 atom stereocenters. The van der Waals surface area contributed by atoms with Gasteiger partial charge in [0, 0.05) is 25.4 Å². The minimum absolute atomic E-state index is 0.195. The van der Waals surface area contributed by atoms with Gasteiger partial charge >= 0.3 is 12.3 Å². The van der Waals surface area contributed by atoms with Crippen molar-refractivity contribution in [2.45, 2.75) is 117 Å². The highest BCUT2D eigenvalue weighted by Crippen LogP contribution is 2.67. The Morgan fingerprint density at radius 2 is 1.70 bits per heavy atom. The Balaban J connectivity index is 1.56. The van der Waals surface area contributed by atoms with Gasteiger partial charge in [-0.1, -0.05) is 57.4 Å². The SMILES string of the molecule is CC[C@H](CCC(C)(C)OCOC)[C@H](C)[C@H]1CC[C@H]2C3=CC=C4C[C@@H](OC(=O)OC)C[C@H](OC(=O)OC)[C@]4(C)C3CC[C@]12C. The summed E-state index contributed by atoms with van der Waals surface area (Å²) in [6.07, 6.45) is 11.3. The number of allylic oxidation sites excluding steroid dienone is 3. The van der Waals surface area contributed by atoms with Crippen LogP contribution in [0.4, 0.5) is 9.59 Å². The predicted octanol–water partition coefficient (Wildman–Crippen LogP) is 8.24. The highest BCUT2D eigenvalue weighted by Gasteiger charge is 2.60. The van der Waals surface area contributed by atoms with E-state index >= 15 is 0 Å². The highest BCUT2D eigenvalue weighted by atomic mass is 16.7. The largest absolute Gasteiger partial charge is 0.508 e. The zero-order valence-electron chi connectivity index (χ0n) is 28.0. The Bertz CT molecular complexity index is 1060.